The van der Waals surface area contributed by atoms with E-state index in [1.807, 2.05) is 25.1 Å². The van der Waals surface area contributed by atoms with Crippen molar-refractivity contribution in [1.29, 1.82) is 0 Å². The first kappa shape index (κ1) is 19.9. The summed E-state index contributed by atoms with van der Waals surface area (Å²) in [5.74, 6) is 1.84. The lowest BCUT2D eigenvalue weighted by Gasteiger charge is -2.38. The Bertz CT molecular complexity index is 597. The number of ether oxygens (including phenoxy) is 1. The molecule has 26 heavy (non-hydrogen) atoms. The zero-order valence-corrected chi connectivity index (χ0v) is 16.1. The predicted octanol–water partition coefficient (Wildman–Crippen LogP) is 1.31. The number of nitrogens with zero attached hydrogens (tertiary/aromatic N) is 3. The van der Waals surface area contributed by atoms with Gasteiger partial charge in [-0.1, -0.05) is 19.1 Å². The second-order valence-electron chi connectivity index (χ2n) is 6.22. The Morgan fingerprint density at radius 2 is 1.88 bits per heavy atom. The minimum Gasteiger partial charge on any atom is -0.495 e. The summed E-state index contributed by atoms with van der Waals surface area (Å²) in [6.45, 7) is 6.92. The van der Waals surface area contributed by atoms with Gasteiger partial charge in [0.15, 0.2) is 5.96 Å². The molecule has 0 saturated carbocycles. The first-order valence-electron chi connectivity index (χ1n) is 9.29. The number of carbonyl (C=O) groups is 1. The highest BCUT2D eigenvalue weighted by molar-refractivity contribution is 5.81. The summed E-state index contributed by atoms with van der Waals surface area (Å²) in [5, 5.41) is 6.18. The third-order valence-electron chi connectivity index (χ3n) is 4.42. The van der Waals surface area contributed by atoms with Crippen molar-refractivity contribution in [2.45, 2.75) is 19.8 Å². The minimum atomic E-state index is 0.0794. The van der Waals surface area contributed by atoms with Crippen LogP contribution in [0, 0.1) is 0 Å². The van der Waals surface area contributed by atoms with Crippen LogP contribution in [-0.2, 0) is 4.79 Å². The molecule has 144 valence electrons. The van der Waals surface area contributed by atoms with Crippen LogP contribution in [0.3, 0.4) is 0 Å². The molecule has 2 rings (SSSR count). The summed E-state index contributed by atoms with van der Waals surface area (Å²) in [5.41, 5.74) is 1.13. The van der Waals surface area contributed by atoms with Crippen LogP contribution in [0.5, 0.6) is 5.75 Å². The van der Waals surface area contributed by atoms with Crippen LogP contribution in [-0.4, -0.2) is 70.2 Å². The molecule has 0 aliphatic carbocycles. The summed E-state index contributed by atoms with van der Waals surface area (Å²) in [7, 11) is 3.49. The number of para-hydroxylation sites is 2. The van der Waals surface area contributed by atoms with E-state index in [2.05, 4.69) is 31.5 Å². The molecule has 7 nitrogen and oxygen atoms in total. The zero-order chi connectivity index (χ0) is 18.8. The molecule has 1 saturated heterocycles. The molecule has 1 amide bonds. The number of methoxy groups -OCH3 is 1. The molecule has 7 heteroatoms. The lowest BCUT2D eigenvalue weighted by Crippen LogP contribution is -2.53. The van der Waals surface area contributed by atoms with Gasteiger partial charge < -0.3 is 25.2 Å². The Labute approximate surface area is 156 Å². The number of rotatable bonds is 7. The van der Waals surface area contributed by atoms with E-state index in [1.165, 1.54) is 0 Å². The highest BCUT2D eigenvalue weighted by Gasteiger charge is 2.21. The molecule has 1 fully saturated rings. The van der Waals surface area contributed by atoms with Crippen LogP contribution in [0.25, 0.3) is 0 Å². The smallest absolute Gasteiger partial charge is 0.221 e. The molecule has 0 unspecified atom stereocenters. The lowest BCUT2D eigenvalue weighted by atomic mass is 10.2. The van der Waals surface area contributed by atoms with E-state index in [0.29, 0.717) is 13.0 Å². The minimum absolute atomic E-state index is 0.0794. The van der Waals surface area contributed by atoms with Crippen LogP contribution < -0.4 is 20.3 Å². The topological polar surface area (TPSA) is 69.2 Å². The van der Waals surface area contributed by atoms with E-state index in [-0.39, 0.29) is 5.91 Å². The second kappa shape index (κ2) is 10.5. The van der Waals surface area contributed by atoms with E-state index < -0.39 is 0 Å². The van der Waals surface area contributed by atoms with E-state index in [4.69, 9.17) is 4.74 Å². The van der Waals surface area contributed by atoms with Crippen molar-refractivity contribution in [2.75, 3.05) is 58.3 Å². The zero-order valence-electron chi connectivity index (χ0n) is 16.1. The fourth-order valence-corrected chi connectivity index (χ4v) is 3.02. The third-order valence-corrected chi connectivity index (χ3v) is 4.42. The average molecular weight is 361 g/mol. The van der Waals surface area contributed by atoms with E-state index >= 15 is 0 Å². The number of piperazine rings is 1. The van der Waals surface area contributed by atoms with Crippen LogP contribution in [0.4, 0.5) is 5.69 Å². The molecular formula is C19H31N5O2. The van der Waals surface area contributed by atoms with Gasteiger partial charge in [-0.2, -0.15) is 0 Å². The summed E-state index contributed by atoms with van der Waals surface area (Å²) >= 11 is 0. The maximum Gasteiger partial charge on any atom is 0.221 e. The van der Waals surface area contributed by atoms with Crippen LogP contribution in [0.2, 0.25) is 0 Å². The van der Waals surface area contributed by atoms with Gasteiger partial charge in [-0.05, 0) is 18.6 Å². The fourth-order valence-electron chi connectivity index (χ4n) is 3.02. The van der Waals surface area contributed by atoms with Crippen molar-refractivity contribution in [3.8, 4) is 5.75 Å². The van der Waals surface area contributed by atoms with Crippen molar-refractivity contribution in [2.24, 2.45) is 4.99 Å². The Hall–Kier alpha value is -2.44. The van der Waals surface area contributed by atoms with Crippen molar-refractivity contribution in [3.63, 3.8) is 0 Å². The molecule has 0 atom stereocenters. The van der Waals surface area contributed by atoms with Crippen molar-refractivity contribution < 1.29 is 9.53 Å². The van der Waals surface area contributed by atoms with Gasteiger partial charge >= 0.3 is 0 Å². The Morgan fingerprint density at radius 1 is 1.15 bits per heavy atom. The van der Waals surface area contributed by atoms with Crippen LogP contribution in [0.1, 0.15) is 19.8 Å². The number of anilines is 1. The number of amides is 1. The molecule has 1 aromatic carbocycles. The molecule has 0 bridgehead atoms. The quantitative estimate of drug-likeness (QED) is 0.566. The molecule has 1 aliphatic rings. The van der Waals surface area contributed by atoms with Gasteiger partial charge in [-0.3, -0.25) is 9.79 Å². The van der Waals surface area contributed by atoms with Crippen LogP contribution >= 0.6 is 0 Å². The monoisotopic (exact) mass is 361 g/mol. The van der Waals surface area contributed by atoms with Gasteiger partial charge in [0.1, 0.15) is 5.75 Å². The lowest BCUT2D eigenvalue weighted by molar-refractivity contribution is -0.120. The highest BCUT2D eigenvalue weighted by atomic mass is 16.5. The van der Waals surface area contributed by atoms with E-state index in [0.717, 1.165) is 56.5 Å². The standard InChI is InChI=1S/C19H31N5O2/c1-4-10-21-18(25)9-11-22-19(20-2)24-14-12-23(13-15-24)16-7-5-6-8-17(16)26-3/h5-8H,4,9-15H2,1-3H3,(H,20,22)(H,21,25). The fraction of sp³-hybridized carbons (Fsp3) is 0.579. The number of hydrogen-bond donors (Lipinski definition) is 2. The summed E-state index contributed by atoms with van der Waals surface area (Å²) in [4.78, 5) is 20.6. The molecule has 2 N–H and O–H groups in total. The SMILES string of the molecule is CCCNC(=O)CCNC(=NC)N1CCN(c2ccccc2OC)CC1. The summed E-state index contributed by atoms with van der Waals surface area (Å²) in [6.07, 6.45) is 1.41. The predicted molar refractivity (Wildman–Crippen MR) is 106 cm³/mol. The number of guanidine groups is 1. The van der Waals surface area contributed by atoms with Gasteiger partial charge in [0.05, 0.1) is 12.8 Å². The second-order valence-corrected chi connectivity index (χ2v) is 6.22. The molecule has 1 aromatic rings. The third kappa shape index (κ3) is 5.54. The number of nitrogens with one attached hydrogen (secondary N) is 2. The molecule has 1 aliphatic heterocycles. The Balaban J connectivity index is 1.81. The molecule has 1 heterocycles. The Morgan fingerprint density at radius 3 is 2.54 bits per heavy atom. The van der Waals surface area contributed by atoms with E-state index in [9.17, 15) is 4.79 Å². The summed E-state index contributed by atoms with van der Waals surface area (Å²) < 4.78 is 5.47. The van der Waals surface area contributed by atoms with Gasteiger partial charge in [0.2, 0.25) is 5.91 Å². The average Bonchev–Trinajstić information content (AvgIpc) is 2.70. The largest absolute Gasteiger partial charge is 0.495 e. The van der Waals surface area contributed by atoms with Gasteiger partial charge in [-0.15, -0.1) is 0 Å². The number of benzene rings is 1. The molecular weight excluding hydrogens is 330 g/mol. The first-order chi connectivity index (χ1) is 12.7. The number of carbonyl (C=O) groups excluding carboxylic acids is 1. The maximum atomic E-state index is 11.7. The van der Waals surface area contributed by atoms with Crippen molar-refractivity contribution in [3.05, 3.63) is 24.3 Å². The normalized spacial score (nSPS) is 15.0. The number of aliphatic imine (C=N–C) groups is 1. The molecule has 0 radical (unpaired) electrons. The van der Waals surface area contributed by atoms with Crippen molar-refractivity contribution >= 4 is 17.6 Å². The van der Waals surface area contributed by atoms with Crippen molar-refractivity contribution in [1.82, 2.24) is 15.5 Å². The van der Waals surface area contributed by atoms with Gasteiger partial charge in [0, 0.05) is 52.7 Å². The van der Waals surface area contributed by atoms with Gasteiger partial charge in [0.25, 0.3) is 0 Å². The maximum absolute atomic E-state index is 11.7. The van der Waals surface area contributed by atoms with E-state index in [1.54, 1.807) is 14.2 Å². The first-order valence-corrected chi connectivity index (χ1v) is 9.29. The highest BCUT2D eigenvalue weighted by Crippen LogP contribution is 2.28. The van der Waals surface area contributed by atoms with Gasteiger partial charge in [-0.25, -0.2) is 0 Å². The Kier molecular flexibility index (Phi) is 8.05. The number of hydrogen-bond acceptors (Lipinski definition) is 4. The molecule has 0 aromatic heterocycles. The summed E-state index contributed by atoms with van der Waals surface area (Å²) in [6, 6.07) is 8.11. The van der Waals surface area contributed by atoms with Crippen LogP contribution in [0.15, 0.2) is 29.3 Å². The molecule has 0 spiro atoms.